The van der Waals surface area contributed by atoms with Crippen LogP contribution in [0, 0.1) is 6.92 Å². The number of hydrogen-bond acceptors (Lipinski definition) is 3. The number of fused-ring (bicyclic) bond motifs is 1. The molecule has 0 bridgehead atoms. The Balaban J connectivity index is 2.30. The van der Waals surface area contributed by atoms with Crippen LogP contribution in [0.2, 0.25) is 0 Å². The van der Waals surface area contributed by atoms with Crippen molar-refractivity contribution < 1.29 is 0 Å². The molecule has 0 fully saturated rings. The minimum atomic E-state index is 0.681. The lowest BCUT2D eigenvalue weighted by Crippen LogP contribution is -2.06. The van der Waals surface area contributed by atoms with E-state index in [1.165, 1.54) is 5.52 Å². The number of nitrogens with zero attached hydrogens (tertiary/aromatic N) is 2. The summed E-state index contributed by atoms with van der Waals surface area (Å²) in [4.78, 5) is 4.55. The molecule has 0 spiro atoms. The molecule has 2 aromatic rings. The molecule has 92 valence electrons. The van der Waals surface area contributed by atoms with Crippen LogP contribution in [0.1, 0.15) is 19.2 Å². The summed E-state index contributed by atoms with van der Waals surface area (Å²) >= 11 is 1.91. The van der Waals surface area contributed by atoms with Crippen LogP contribution in [-0.2, 0) is 6.54 Å². The molecule has 1 atom stereocenters. The first-order valence-electron chi connectivity index (χ1n) is 5.87. The van der Waals surface area contributed by atoms with Gasteiger partial charge >= 0.3 is 0 Å². The number of aryl methyl sites for hydroxylation is 2. The van der Waals surface area contributed by atoms with Gasteiger partial charge in [-0.1, -0.05) is 6.92 Å². The zero-order chi connectivity index (χ0) is 12.4. The van der Waals surface area contributed by atoms with Crippen molar-refractivity contribution in [2.75, 3.05) is 12.0 Å². The van der Waals surface area contributed by atoms with Crippen LogP contribution < -0.4 is 5.73 Å². The number of hydrogen-bond donors (Lipinski definition) is 1. The van der Waals surface area contributed by atoms with Gasteiger partial charge in [0.1, 0.15) is 5.82 Å². The quantitative estimate of drug-likeness (QED) is 0.847. The second kappa shape index (κ2) is 5.00. The Morgan fingerprint density at radius 1 is 1.47 bits per heavy atom. The van der Waals surface area contributed by atoms with Gasteiger partial charge in [-0.25, -0.2) is 4.98 Å². The first-order valence-corrected chi connectivity index (χ1v) is 7.15. The Morgan fingerprint density at radius 3 is 2.94 bits per heavy atom. The van der Waals surface area contributed by atoms with Gasteiger partial charge in [0.25, 0.3) is 0 Å². The molecule has 1 aromatic heterocycles. The Morgan fingerprint density at radius 2 is 2.24 bits per heavy atom. The van der Waals surface area contributed by atoms with Gasteiger partial charge in [-0.3, -0.25) is 0 Å². The van der Waals surface area contributed by atoms with Crippen molar-refractivity contribution in [1.29, 1.82) is 0 Å². The first kappa shape index (κ1) is 12.3. The fourth-order valence-corrected chi connectivity index (χ4v) is 2.32. The average molecular weight is 249 g/mol. The highest BCUT2D eigenvalue weighted by Crippen LogP contribution is 2.20. The fraction of sp³-hybridized carbons (Fsp3) is 0.462. The van der Waals surface area contributed by atoms with Gasteiger partial charge < -0.3 is 10.3 Å². The molecule has 0 aliphatic heterocycles. The number of anilines is 1. The first-order chi connectivity index (χ1) is 8.11. The molecule has 4 heteroatoms. The lowest BCUT2D eigenvalue weighted by molar-refractivity contribution is 0.639. The maximum atomic E-state index is 5.77. The predicted molar refractivity (Wildman–Crippen MR) is 76.5 cm³/mol. The molecule has 2 N–H and O–H groups in total. The number of nitrogens with two attached hydrogens (primary N) is 1. The largest absolute Gasteiger partial charge is 0.399 e. The Labute approximate surface area is 106 Å². The van der Waals surface area contributed by atoms with Crippen LogP contribution in [-0.4, -0.2) is 21.1 Å². The molecular weight excluding hydrogens is 230 g/mol. The van der Waals surface area contributed by atoms with Crippen LogP contribution in [0.25, 0.3) is 11.0 Å². The molecule has 2 rings (SSSR count). The second-order valence-electron chi connectivity index (χ2n) is 4.39. The highest BCUT2D eigenvalue weighted by atomic mass is 32.2. The van der Waals surface area contributed by atoms with Crippen molar-refractivity contribution in [3.8, 4) is 0 Å². The van der Waals surface area contributed by atoms with Gasteiger partial charge in [0.2, 0.25) is 0 Å². The van der Waals surface area contributed by atoms with E-state index < -0.39 is 0 Å². The maximum Gasteiger partial charge on any atom is 0.106 e. The highest BCUT2D eigenvalue weighted by molar-refractivity contribution is 7.99. The van der Waals surface area contributed by atoms with Crippen LogP contribution in [0.15, 0.2) is 18.2 Å². The van der Waals surface area contributed by atoms with Crippen molar-refractivity contribution in [2.24, 2.45) is 0 Å². The highest BCUT2D eigenvalue weighted by Gasteiger charge is 2.08. The standard InChI is InChI=1S/C13H19N3S/c1-9(17-3)6-7-16-10(2)15-12-8-11(14)4-5-13(12)16/h4-5,8-9H,6-7,14H2,1-3H3. The van der Waals surface area contributed by atoms with Crippen LogP contribution in [0.3, 0.4) is 0 Å². The van der Waals surface area contributed by atoms with Gasteiger partial charge in [-0.2, -0.15) is 11.8 Å². The molecule has 0 saturated heterocycles. The third-order valence-electron chi connectivity index (χ3n) is 3.12. The zero-order valence-corrected chi connectivity index (χ0v) is 11.4. The van der Waals surface area contributed by atoms with E-state index in [4.69, 9.17) is 5.73 Å². The van der Waals surface area contributed by atoms with Crippen LogP contribution in [0.4, 0.5) is 5.69 Å². The van der Waals surface area contributed by atoms with Gasteiger partial charge in [0.15, 0.2) is 0 Å². The number of benzene rings is 1. The van der Waals surface area contributed by atoms with E-state index in [0.29, 0.717) is 5.25 Å². The van der Waals surface area contributed by atoms with E-state index in [0.717, 1.165) is 30.0 Å². The van der Waals surface area contributed by atoms with Crippen molar-refractivity contribution in [1.82, 2.24) is 9.55 Å². The number of imidazole rings is 1. The molecule has 17 heavy (non-hydrogen) atoms. The number of nitrogen functional groups attached to an aromatic ring is 1. The summed E-state index contributed by atoms with van der Waals surface area (Å²) in [5.74, 6) is 1.07. The van der Waals surface area contributed by atoms with Crippen LogP contribution in [0.5, 0.6) is 0 Å². The number of thioether (sulfide) groups is 1. The topological polar surface area (TPSA) is 43.8 Å². The van der Waals surface area contributed by atoms with Gasteiger partial charge in [-0.05, 0) is 37.8 Å². The lowest BCUT2D eigenvalue weighted by Gasteiger charge is -2.10. The third kappa shape index (κ3) is 2.57. The van der Waals surface area contributed by atoms with Gasteiger partial charge in [0.05, 0.1) is 11.0 Å². The van der Waals surface area contributed by atoms with E-state index >= 15 is 0 Å². The summed E-state index contributed by atoms with van der Waals surface area (Å²) in [6.45, 7) is 5.34. The molecular formula is C13H19N3S. The molecule has 0 aliphatic carbocycles. The molecule has 0 saturated carbocycles. The number of aromatic nitrogens is 2. The van der Waals surface area contributed by atoms with Crippen molar-refractivity contribution >= 4 is 28.5 Å². The van der Waals surface area contributed by atoms with Crippen molar-refractivity contribution in [3.63, 3.8) is 0 Å². The van der Waals surface area contributed by atoms with E-state index in [-0.39, 0.29) is 0 Å². The monoisotopic (exact) mass is 249 g/mol. The van der Waals surface area contributed by atoms with Crippen molar-refractivity contribution in [3.05, 3.63) is 24.0 Å². The average Bonchev–Trinajstić information content (AvgIpc) is 2.61. The molecule has 1 aromatic carbocycles. The Kier molecular flexibility index (Phi) is 3.62. The summed E-state index contributed by atoms with van der Waals surface area (Å²) in [7, 11) is 0. The molecule has 1 unspecified atom stereocenters. The molecule has 0 aliphatic rings. The summed E-state index contributed by atoms with van der Waals surface area (Å²) in [5.41, 5.74) is 8.74. The SMILES string of the molecule is CSC(C)CCn1c(C)nc2cc(N)ccc21. The number of rotatable bonds is 4. The minimum absolute atomic E-state index is 0.681. The summed E-state index contributed by atoms with van der Waals surface area (Å²) in [6.07, 6.45) is 3.32. The lowest BCUT2D eigenvalue weighted by atomic mass is 10.2. The molecule has 0 amide bonds. The zero-order valence-electron chi connectivity index (χ0n) is 10.6. The van der Waals surface area contributed by atoms with Crippen LogP contribution >= 0.6 is 11.8 Å². The second-order valence-corrected chi connectivity index (χ2v) is 5.67. The van der Waals surface area contributed by atoms with Crippen molar-refractivity contribution in [2.45, 2.75) is 32.1 Å². The van der Waals surface area contributed by atoms with Gasteiger partial charge in [-0.15, -0.1) is 0 Å². The summed E-state index contributed by atoms with van der Waals surface area (Å²) in [5, 5.41) is 0.681. The Bertz CT molecular complexity index is 519. The van der Waals surface area contributed by atoms with E-state index in [9.17, 15) is 0 Å². The third-order valence-corrected chi connectivity index (χ3v) is 4.17. The van der Waals surface area contributed by atoms with Gasteiger partial charge in [0, 0.05) is 17.5 Å². The minimum Gasteiger partial charge on any atom is -0.399 e. The molecule has 3 nitrogen and oxygen atoms in total. The normalized spacial score (nSPS) is 13.1. The maximum absolute atomic E-state index is 5.77. The molecule has 0 radical (unpaired) electrons. The molecule has 1 heterocycles. The summed E-state index contributed by atoms with van der Waals surface area (Å²) < 4.78 is 2.28. The fourth-order valence-electron chi connectivity index (χ4n) is 1.98. The van der Waals surface area contributed by atoms with E-state index in [1.54, 1.807) is 0 Å². The predicted octanol–water partition coefficient (Wildman–Crippen LogP) is 3.07. The summed E-state index contributed by atoms with van der Waals surface area (Å²) in [6, 6.07) is 5.95. The van der Waals surface area contributed by atoms with E-state index in [2.05, 4.69) is 35.7 Å². The smallest absolute Gasteiger partial charge is 0.106 e. The van der Waals surface area contributed by atoms with E-state index in [1.807, 2.05) is 23.9 Å². The Hall–Kier alpha value is -1.16.